The molecule has 0 saturated carbocycles. The van der Waals surface area contributed by atoms with Crippen molar-refractivity contribution in [3.8, 4) is 0 Å². The third-order valence-electron chi connectivity index (χ3n) is 5.56. The van der Waals surface area contributed by atoms with E-state index in [1.165, 1.54) is 11.8 Å². The molecule has 1 aromatic carbocycles. The van der Waals surface area contributed by atoms with E-state index in [1.54, 1.807) is 6.26 Å². The molecule has 7 nitrogen and oxygen atoms in total. The van der Waals surface area contributed by atoms with E-state index < -0.39 is 0 Å². The Morgan fingerprint density at radius 3 is 2.59 bits per heavy atom. The van der Waals surface area contributed by atoms with Crippen molar-refractivity contribution in [2.45, 2.75) is 50.9 Å². The predicted octanol–water partition coefficient (Wildman–Crippen LogP) is 4.52. The van der Waals surface area contributed by atoms with Crippen LogP contribution in [0.3, 0.4) is 0 Å². The normalized spacial score (nSPS) is 14.8. The number of hydrogen-bond donors (Lipinski definition) is 1. The van der Waals surface area contributed by atoms with Crippen molar-refractivity contribution in [2.75, 3.05) is 23.7 Å². The first-order valence-electron chi connectivity index (χ1n) is 11.3. The molecule has 1 aliphatic rings. The maximum absolute atomic E-state index is 12.9. The van der Waals surface area contributed by atoms with Crippen LogP contribution >= 0.6 is 11.8 Å². The minimum Gasteiger partial charge on any atom is -0.467 e. The van der Waals surface area contributed by atoms with Crippen LogP contribution < -0.4 is 10.2 Å². The molecule has 1 saturated heterocycles. The fourth-order valence-electron chi connectivity index (χ4n) is 4.04. The number of anilines is 1. The van der Waals surface area contributed by atoms with Crippen LogP contribution in [0.25, 0.3) is 0 Å². The van der Waals surface area contributed by atoms with Crippen molar-refractivity contribution in [1.29, 1.82) is 0 Å². The molecular formula is C24H31N5O2S. The highest BCUT2D eigenvalue weighted by Crippen LogP contribution is 2.27. The van der Waals surface area contributed by atoms with Crippen molar-refractivity contribution in [1.82, 2.24) is 20.1 Å². The fraction of sp³-hybridized carbons (Fsp3) is 0.458. The fourth-order valence-corrected chi connectivity index (χ4v) is 4.78. The third-order valence-corrected chi connectivity index (χ3v) is 6.52. The highest BCUT2D eigenvalue weighted by atomic mass is 32.2. The number of nitrogens with zero attached hydrogens (tertiary/aromatic N) is 4. The Morgan fingerprint density at radius 2 is 1.91 bits per heavy atom. The second kappa shape index (κ2) is 10.7. The van der Waals surface area contributed by atoms with E-state index in [0.29, 0.717) is 12.5 Å². The van der Waals surface area contributed by atoms with E-state index in [1.807, 2.05) is 30.3 Å². The number of aromatic nitrogens is 3. The molecule has 1 unspecified atom stereocenters. The Balaban J connectivity index is 1.44. The topological polar surface area (TPSA) is 76.2 Å². The van der Waals surface area contributed by atoms with E-state index in [4.69, 9.17) is 4.42 Å². The van der Waals surface area contributed by atoms with Crippen molar-refractivity contribution >= 4 is 23.6 Å². The monoisotopic (exact) mass is 453 g/mol. The molecular weight excluding hydrogens is 422 g/mol. The van der Waals surface area contributed by atoms with Crippen LogP contribution in [0.2, 0.25) is 0 Å². The van der Waals surface area contributed by atoms with Gasteiger partial charge in [-0.2, -0.15) is 0 Å². The molecule has 2 aromatic heterocycles. The van der Waals surface area contributed by atoms with Crippen molar-refractivity contribution < 1.29 is 9.21 Å². The quantitative estimate of drug-likeness (QED) is 0.455. The van der Waals surface area contributed by atoms with Crippen LogP contribution in [0.1, 0.15) is 50.5 Å². The summed E-state index contributed by atoms with van der Waals surface area (Å²) in [7, 11) is 0. The number of benzene rings is 1. The van der Waals surface area contributed by atoms with Crippen LogP contribution in [-0.2, 0) is 11.3 Å². The zero-order valence-electron chi connectivity index (χ0n) is 18.7. The molecule has 0 bridgehead atoms. The lowest BCUT2D eigenvalue weighted by Crippen LogP contribution is -2.31. The molecule has 3 heterocycles. The largest absolute Gasteiger partial charge is 0.467 e. The van der Waals surface area contributed by atoms with E-state index >= 15 is 0 Å². The summed E-state index contributed by atoms with van der Waals surface area (Å²) in [5, 5.41) is 12.8. The molecule has 0 radical (unpaired) electrons. The van der Waals surface area contributed by atoms with Gasteiger partial charge in [0.25, 0.3) is 0 Å². The summed E-state index contributed by atoms with van der Waals surface area (Å²) >= 11 is 1.42. The number of furan rings is 1. The summed E-state index contributed by atoms with van der Waals surface area (Å²) in [5.41, 5.74) is 1.14. The first-order chi connectivity index (χ1) is 15.6. The van der Waals surface area contributed by atoms with Gasteiger partial charge >= 0.3 is 0 Å². The molecule has 8 heteroatoms. The third kappa shape index (κ3) is 5.73. The molecule has 1 atom stereocenters. The summed E-state index contributed by atoms with van der Waals surface area (Å²) in [5.74, 6) is 2.46. The van der Waals surface area contributed by atoms with Crippen LogP contribution in [0.4, 0.5) is 5.95 Å². The van der Waals surface area contributed by atoms with E-state index in [9.17, 15) is 4.79 Å². The van der Waals surface area contributed by atoms with Gasteiger partial charge in [0.2, 0.25) is 11.9 Å². The number of hydrogen-bond acceptors (Lipinski definition) is 6. The standard InChI is InChI=1S/C24H31N5O2S/c1-18(2)15-21(19-9-4-3-5-10-19)25-22(30)17-32-24-27-26-23(28-12-6-7-13-28)29(24)16-20-11-8-14-31-20/h3-5,8-11,14,18,21H,6-7,12-13,15-17H2,1-2H3,(H,25,30). The van der Waals surface area contributed by atoms with Crippen molar-refractivity contribution in [3.63, 3.8) is 0 Å². The molecule has 1 N–H and O–H groups in total. The van der Waals surface area contributed by atoms with Crippen LogP contribution in [-0.4, -0.2) is 39.5 Å². The van der Waals surface area contributed by atoms with Gasteiger partial charge < -0.3 is 14.6 Å². The lowest BCUT2D eigenvalue weighted by Gasteiger charge is -2.21. The minimum atomic E-state index is -0.000209. The zero-order valence-corrected chi connectivity index (χ0v) is 19.6. The van der Waals surface area contributed by atoms with Gasteiger partial charge in [-0.15, -0.1) is 10.2 Å². The molecule has 1 fully saturated rings. The molecule has 32 heavy (non-hydrogen) atoms. The SMILES string of the molecule is CC(C)CC(NC(=O)CSc1nnc(N2CCCC2)n1Cc1ccco1)c1ccccc1. The summed E-state index contributed by atoms with van der Waals surface area (Å²) in [6.07, 6.45) is 4.90. The number of carbonyl (C=O) groups excluding carboxylic acids is 1. The van der Waals surface area contributed by atoms with Crippen LogP contribution in [0.5, 0.6) is 0 Å². The van der Waals surface area contributed by atoms with Crippen molar-refractivity contribution in [2.24, 2.45) is 5.92 Å². The number of carbonyl (C=O) groups is 1. The van der Waals surface area contributed by atoms with E-state index in [2.05, 4.69) is 51.0 Å². The molecule has 3 aromatic rings. The van der Waals surface area contributed by atoms with Gasteiger partial charge in [0.05, 0.1) is 24.6 Å². The Bertz CT molecular complexity index is 981. The maximum atomic E-state index is 12.9. The van der Waals surface area contributed by atoms with E-state index in [0.717, 1.165) is 54.8 Å². The first-order valence-corrected chi connectivity index (χ1v) is 12.3. The second-order valence-electron chi connectivity index (χ2n) is 8.59. The van der Waals surface area contributed by atoms with E-state index in [-0.39, 0.29) is 17.7 Å². The van der Waals surface area contributed by atoms with Crippen molar-refractivity contribution in [3.05, 3.63) is 60.1 Å². The Hall–Kier alpha value is -2.74. The van der Waals surface area contributed by atoms with Gasteiger partial charge in [-0.25, -0.2) is 0 Å². The second-order valence-corrected chi connectivity index (χ2v) is 9.53. The number of nitrogens with one attached hydrogen (secondary N) is 1. The van der Waals surface area contributed by atoms with Gasteiger partial charge in [-0.05, 0) is 42.9 Å². The highest BCUT2D eigenvalue weighted by molar-refractivity contribution is 7.99. The molecule has 170 valence electrons. The van der Waals surface area contributed by atoms with Gasteiger partial charge in [-0.3, -0.25) is 9.36 Å². The van der Waals surface area contributed by atoms with Gasteiger partial charge in [0.15, 0.2) is 5.16 Å². The minimum absolute atomic E-state index is 0.000209. The predicted molar refractivity (Wildman–Crippen MR) is 127 cm³/mol. The highest BCUT2D eigenvalue weighted by Gasteiger charge is 2.23. The molecule has 0 aliphatic carbocycles. The van der Waals surface area contributed by atoms with Gasteiger partial charge in [0.1, 0.15) is 5.76 Å². The Kier molecular flexibility index (Phi) is 7.52. The number of amides is 1. The first kappa shape index (κ1) is 22.5. The summed E-state index contributed by atoms with van der Waals surface area (Å²) < 4.78 is 7.62. The lowest BCUT2D eigenvalue weighted by molar-refractivity contribution is -0.119. The average molecular weight is 454 g/mol. The summed E-state index contributed by atoms with van der Waals surface area (Å²) in [6, 6.07) is 14.0. The molecule has 4 rings (SSSR count). The Morgan fingerprint density at radius 1 is 1.12 bits per heavy atom. The Labute approximate surface area is 193 Å². The molecule has 1 aliphatic heterocycles. The number of rotatable bonds is 10. The molecule has 1 amide bonds. The summed E-state index contributed by atoms with van der Waals surface area (Å²) in [4.78, 5) is 15.1. The molecule has 0 spiro atoms. The smallest absolute Gasteiger partial charge is 0.230 e. The summed E-state index contributed by atoms with van der Waals surface area (Å²) in [6.45, 7) is 6.86. The average Bonchev–Trinajstić information content (AvgIpc) is 3.55. The number of thioether (sulfide) groups is 1. The maximum Gasteiger partial charge on any atom is 0.230 e. The zero-order chi connectivity index (χ0) is 22.3. The van der Waals surface area contributed by atoms with Crippen LogP contribution in [0, 0.1) is 5.92 Å². The van der Waals surface area contributed by atoms with Crippen LogP contribution in [0.15, 0.2) is 58.3 Å². The van der Waals surface area contributed by atoms with Gasteiger partial charge in [0, 0.05) is 13.1 Å². The lowest BCUT2D eigenvalue weighted by atomic mass is 9.97. The van der Waals surface area contributed by atoms with Gasteiger partial charge in [-0.1, -0.05) is 55.9 Å².